The summed E-state index contributed by atoms with van der Waals surface area (Å²) in [4.78, 5) is 10.8. The van der Waals surface area contributed by atoms with Crippen molar-refractivity contribution in [2.45, 2.75) is 19.3 Å². The molecule has 14 heavy (non-hydrogen) atoms. The lowest BCUT2D eigenvalue weighted by atomic mass is 10.3. The fourth-order valence-electron chi connectivity index (χ4n) is 0.716. The van der Waals surface area contributed by atoms with Crippen molar-refractivity contribution in [2.75, 3.05) is 10.6 Å². The molecular weight excluding hydrogens is 242 g/mol. The molecule has 0 radical (unpaired) electrons. The van der Waals surface area contributed by atoms with Gasteiger partial charge in [0.25, 0.3) is 0 Å². The van der Waals surface area contributed by atoms with E-state index in [0.29, 0.717) is 5.33 Å². The summed E-state index contributed by atoms with van der Waals surface area (Å²) >= 11 is 3.06. The maximum absolute atomic E-state index is 10.8. The molecular formula is C11H14BrNO. The van der Waals surface area contributed by atoms with E-state index in [1.165, 1.54) is 19.3 Å². The number of halogens is 1. The van der Waals surface area contributed by atoms with Crippen molar-refractivity contribution in [2.24, 2.45) is 0 Å². The number of hydrogen-bond acceptors (Lipinski definition) is 1. The molecule has 0 saturated heterocycles. The van der Waals surface area contributed by atoms with Gasteiger partial charge < -0.3 is 5.32 Å². The highest BCUT2D eigenvalue weighted by molar-refractivity contribution is 9.09. The third kappa shape index (κ3) is 5.75. The molecule has 0 spiro atoms. The summed E-state index contributed by atoms with van der Waals surface area (Å²) < 4.78 is 0. The van der Waals surface area contributed by atoms with Gasteiger partial charge in [0.15, 0.2) is 0 Å². The summed E-state index contributed by atoms with van der Waals surface area (Å²) in [5.74, 6) is -0.0313. The second-order valence-corrected chi connectivity index (χ2v) is 3.67. The Morgan fingerprint density at radius 3 is 2.21 bits per heavy atom. The molecule has 1 fully saturated rings. The number of alkyl halides is 1. The highest BCUT2D eigenvalue weighted by Crippen LogP contribution is 2.14. The van der Waals surface area contributed by atoms with Crippen molar-refractivity contribution in [1.82, 2.24) is 0 Å². The number of carbonyl (C=O) groups excluding carboxylic acids is 1. The van der Waals surface area contributed by atoms with E-state index in [1.54, 1.807) is 0 Å². The van der Waals surface area contributed by atoms with E-state index in [1.807, 2.05) is 30.3 Å². The lowest BCUT2D eigenvalue weighted by molar-refractivity contribution is -0.113. The molecule has 1 amide bonds. The average Bonchev–Trinajstić information content (AvgIpc) is 3.06. The summed E-state index contributed by atoms with van der Waals surface area (Å²) in [6, 6.07) is 9.36. The second kappa shape index (κ2) is 6.60. The largest absolute Gasteiger partial charge is 0.325 e. The Bertz CT molecular complexity index is 269. The number of hydrogen-bond donors (Lipinski definition) is 1. The van der Waals surface area contributed by atoms with Crippen molar-refractivity contribution in [3.8, 4) is 0 Å². The Hall–Kier alpha value is -0.830. The molecule has 1 saturated carbocycles. The van der Waals surface area contributed by atoms with Gasteiger partial charge in [-0.2, -0.15) is 0 Å². The zero-order chi connectivity index (χ0) is 10.2. The summed E-state index contributed by atoms with van der Waals surface area (Å²) in [5.41, 5.74) is 0.831. The first kappa shape index (κ1) is 11.2. The van der Waals surface area contributed by atoms with Gasteiger partial charge in [0.05, 0.1) is 5.33 Å². The number of rotatable bonds is 2. The molecule has 0 aromatic heterocycles. The predicted octanol–water partition coefficient (Wildman–Crippen LogP) is 3.19. The first-order valence-corrected chi connectivity index (χ1v) is 5.86. The lowest BCUT2D eigenvalue weighted by Crippen LogP contribution is -2.11. The number of nitrogens with one attached hydrogen (secondary N) is 1. The predicted molar refractivity (Wildman–Crippen MR) is 62.7 cm³/mol. The van der Waals surface area contributed by atoms with E-state index in [-0.39, 0.29) is 5.91 Å². The molecule has 1 aromatic carbocycles. The third-order valence-electron chi connectivity index (χ3n) is 1.53. The summed E-state index contributed by atoms with van der Waals surface area (Å²) in [6.45, 7) is 0. The van der Waals surface area contributed by atoms with Gasteiger partial charge >= 0.3 is 0 Å². The minimum Gasteiger partial charge on any atom is -0.325 e. The van der Waals surface area contributed by atoms with Gasteiger partial charge in [0, 0.05) is 5.69 Å². The van der Waals surface area contributed by atoms with Gasteiger partial charge in [0.2, 0.25) is 5.91 Å². The van der Waals surface area contributed by atoms with Crippen molar-refractivity contribution in [3.05, 3.63) is 30.3 Å². The molecule has 0 unspecified atom stereocenters. The van der Waals surface area contributed by atoms with E-state index in [9.17, 15) is 4.79 Å². The first-order valence-electron chi connectivity index (χ1n) is 4.74. The van der Waals surface area contributed by atoms with Gasteiger partial charge in [-0.1, -0.05) is 53.4 Å². The summed E-state index contributed by atoms with van der Waals surface area (Å²) in [5, 5.41) is 3.04. The average molecular weight is 256 g/mol. The molecule has 0 bridgehead atoms. The van der Waals surface area contributed by atoms with Gasteiger partial charge in [-0.25, -0.2) is 0 Å². The molecule has 0 atom stereocenters. The molecule has 1 N–H and O–H groups in total. The van der Waals surface area contributed by atoms with E-state index in [2.05, 4.69) is 21.2 Å². The maximum atomic E-state index is 10.8. The van der Waals surface area contributed by atoms with Crippen LogP contribution in [-0.4, -0.2) is 11.2 Å². The van der Waals surface area contributed by atoms with Crippen LogP contribution in [0.3, 0.4) is 0 Å². The van der Waals surface area contributed by atoms with E-state index in [0.717, 1.165) is 5.69 Å². The van der Waals surface area contributed by atoms with Crippen LogP contribution in [0.5, 0.6) is 0 Å². The fraction of sp³-hybridized carbons (Fsp3) is 0.364. The van der Waals surface area contributed by atoms with E-state index < -0.39 is 0 Å². The Labute approximate surface area is 92.8 Å². The molecule has 1 aliphatic carbocycles. The highest BCUT2D eigenvalue weighted by atomic mass is 79.9. The van der Waals surface area contributed by atoms with Crippen LogP contribution in [0.25, 0.3) is 0 Å². The lowest BCUT2D eigenvalue weighted by Gasteiger charge is -2.00. The minimum atomic E-state index is -0.0313. The minimum absolute atomic E-state index is 0.0313. The molecule has 2 rings (SSSR count). The van der Waals surface area contributed by atoms with Crippen LogP contribution in [0.15, 0.2) is 30.3 Å². The Morgan fingerprint density at radius 1 is 1.21 bits per heavy atom. The highest BCUT2D eigenvalue weighted by Gasteiger charge is 1.96. The maximum Gasteiger partial charge on any atom is 0.235 e. The van der Waals surface area contributed by atoms with Crippen LogP contribution in [0.2, 0.25) is 0 Å². The van der Waals surface area contributed by atoms with Crippen molar-refractivity contribution in [1.29, 1.82) is 0 Å². The van der Waals surface area contributed by atoms with Crippen LogP contribution in [0, 0.1) is 0 Å². The second-order valence-electron chi connectivity index (χ2n) is 3.11. The molecule has 0 heterocycles. The fourth-order valence-corrected chi connectivity index (χ4v) is 0.856. The molecule has 1 aromatic rings. The topological polar surface area (TPSA) is 29.1 Å². The van der Waals surface area contributed by atoms with Crippen molar-refractivity contribution < 1.29 is 4.79 Å². The smallest absolute Gasteiger partial charge is 0.235 e. The Kier molecular flexibility index (Phi) is 5.30. The van der Waals surface area contributed by atoms with Gasteiger partial charge in [-0.3, -0.25) is 4.79 Å². The standard InChI is InChI=1S/C8H8BrNO.C3H6/c9-6-8(11)10-7-4-2-1-3-5-7;1-2-3-1/h1-5H,6H2,(H,10,11);1-3H2. The van der Waals surface area contributed by atoms with Gasteiger partial charge in [-0.05, 0) is 12.1 Å². The number of amides is 1. The first-order chi connectivity index (χ1) is 6.83. The zero-order valence-corrected chi connectivity index (χ0v) is 9.59. The van der Waals surface area contributed by atoms with Gasteiger partial charge in [0.1, 0.15) is 0 Å². The Balaban J connectivity index is 0.000000276. The number of benzene rings is 1. The monoisotopic (exact) mass is 255 g/mol. The van der Waals surface area contributed by atoms with Crippen LogP contribution in [-0.2, 0) is 4.79 Å². The van der Waals surface area contributed by atoms with Crippen LogP contribution < -0.4 is 5.32 Å². The van der Waals surface area contributed by atoms with Crippen LogP contribution >= 0.6 is 15.9 Å². The van der Waals surface area contributed by atoms with Crippen LogP contribution in [0.4, 0.5) is 5.69 Å². The quantitative estimate of drug-likeness (QED) is 0.809. The third-order valence-corrected chi connectivity index (χ3v) is 2.04. The van der Waals surface area contributed by atoms with Gasteiger partial charge in [-0.15, -0.1) is 0 Å². The summed E-state index contributed by atoms with van der Waals surface area (Å²) in [6.07, 6.45) is 4.50. The number of carbonyl (C=O) groups is 1. The number of para-hydroxylation sites is 1. The molecule has 2 nitrogen and oxygen atoms in total. The molecule has 76 valence electrons. The van der Waals surface area contributed by atoms with E-state index >= 15 is 0 Å². The van der Waals surface area contributed by atoms with Crippen molar-refractivity contribution >= 4 is 27.5 Å². The zero-order valence-electron chi connectivity index (χ0n) is 8.00. The van der Waals surface area contributed by atoms with Crippen molar-refractivity contribution in [3.63, 3.8) is 0 Å². The molecule has 3 heteroatoms. The molecule has 0 aliphatic heterocycles. The van der Waals surface area contributed by atoms with E-state index in [4.69, 9.17) is 0 Å². The number of anilines is 1. The van der Waals surface area contributed by atoms with Crippen LogP contribution in [0.1, 0.15) is 19.3 Å². The summed E-state index contributed by atoms with van der Waals surface area (Å²) in [7, 11) is 0. The SMILES string of the molecule is C1CC1.O=C(CBr)Nc1ccccc1. The Morgan fingerprint density at radius 2 is 1.79 bits per heavy atom. The normalized spacial score (nSPS) is 12.4. The molecule has 1 aliphatic rings.